The van der Waals surface area contributed by atoms with Crippen molar-refractivity contribution in [3.05, 3.63) is 29.3 Å². The fraction of sp³-hybridized carbons (Fsp3) is 0.625. The molecule has 0 aromatic heterocycles. The van der Waals surface area contributed by atoms with Crippen LogP contribution in [0, 0.1) is 5.92 Å². The van der Waals surface area contributed by atoms with Crippen LogP contribution in [0.4, 0.5) is 0 Å². The fourth-order valence-corrected chi connectivity index (χ4v) is 5.02. The van der Waals surface area contributed by atoms with Crippen LogP contribution >= 0.6 is 0 Å². The van der Waals surface area contributed by atoms with Gasteiger partial charge in [0.15, 0.2) is 0 Å². The van der Waals surface area contributed by atoms with Crippen LogP contribution in [-0.2, 0) is 22.9 Å². The Hall–Kier alpha value is -0.910. The van der Waals surface area contributed by atoms with Crippen molar-refractivity contribution < 1.29 is 8.42 Å². The Kier molecular flexibility index (Phi) is 4.08. The molecule has 1 aromatic carbocycles. The Bertz CT molecular complexity index is 617. The zero-order chi connectivity index (χ0) is 15.0. The van der Waals surface area contributed by atoms with Gasteiger partial charge in [-0.2, -0.15) is 4.31 Å². The summed E-state index contributed by atoms with van der Waals surface area (Å²) in [5.74, 6) is 0.441. The number of sulfonamides is 1. The van der Waals surface area contributed by atoms with Crippen LogP contribution in [0.25, 0.3) is 0 Å². The van der Waals surface area contributed by atoms with E-state index < -0.39 is 10.0 Å². The summed E-state index contributed by atoms with van der Waals surface area (Å²) in [5.41, 5.74) is 8.45. The van der Waals surface area contributed by atoms with Gasteiger partial charge in [0, 0.05) is 19.1 Å². The number of nitrogens with zero attached hydrogens (tertiary/aromatic N) is 1. The number of rotatable bonds is 3. The molecule has 1 aromatic rings. The van der Waals surface area contributed by atoms with Crippen LogP contribution in [0.3, 0.4) is 0 Å². The van der Waals surface area contributed by atoms with E-state index in [2.05, 4.69) is 0 Å². The molecule has 0 saturated carbocycles. The highest BCUT2D eigenvalue weighted by Crippen LogP contribution is 2.29. The fourth-order valence-electron chi connectivity index (χ4n) is 3.50. The Balaban J connectivity index is 1.78. The molecular weight excluding hydrogens is 284 g/mol. The summed E-state index contributed by atoms with van der Waals surface area (Å²) < 4.78 is 27.1. The molecule has 0 bridgehead atoms. The second-order valence-corrected chi connectivity index (χ2v) is 8.32. The monoisotopic (exact) mass is 308 g/mol. The van der Waals surface area contributed by atoms with Gasteiger partial charge >= 0.3 is 0 Å². The van der Waals surface area contributed by atoms with Crippen molar-refractivity contribution in [2.24, 2.45) is 11.7 Å². The van der Waals surface area contributed by atoms with Gasteiger partial charge in [-0.15, -0.1) is 0 Å². The van der Waals surface area contributed by atoms with Gasteiger partial charge in [-0.3, -0.25) is 0 Å². The molecule has 1 saturated heterocycles. The summed E-state index contributed by atoms with van der Waals surface area (Å²) >= 11 is 0. The average molecular weight is 308 g/mol. The maximum atomic E-state index is 12.8. The third kappa shape index (κ3) is 2.87. The van der Waals surface area contributed by atoms with E-state index >= 15 is 0 Å². The van der Waals surface area contributed by atoms with Crippen molar-refractivity contribution in [1.82, 2.24) is 4.31 Å². The lowest BCUT2D eigenvalue weighted by Crippen LogP contribution is -2.42. The number of benzene rings is 1. The summed E-state index contributed by atoms with van der Waals surface area (Å²) in [6, 6.07) is 5.80. The highest BCUT2D eigenvalue weighted by molar-refractivity contribution is 7.89. The van der Waals surface area contributed by atoms with Crippen LogP contribution in [0.1, 0.15) is 37.3 Å². The quantitative estimate of drug-likeness (QED) is 0.928. The first-order chi connectivity index (χ1) is 9.98. The smallest absolute Gasteiger partial charge is 0.243 e. The normalized spacial score (nSPS) is 22.2. The average Bonchev–Trinajstić information content (AvgIpc) is 2.94. The lowest BCUT2D eigenvalue weighted by atomic mass is 9.92. The molecular formula is C16H24N2O2S. The standard InChI is InChI=1S/C16H24N2O2S/c1-12(17)13-7-9-18(10-8-13)21(19,20)16-6-5-14-3-2-4-15(14)11-16/h5-6,11-13H,2-4,7-10,17H2,1H3. The van der Waals surface area contributed by atoms with Crippen LogP contribution in [0.5, 0.6) is 0 Å². The predicted molar refractivity (Wildman–Crippen MR) is 83.6 cm³/mol. The van der Waals surface area contributed by atoms with Crippen LogP contribution < -0.4 is 5.73 Å². The number of fused-ring (bicyclic) bond motifs is 1. The van der Waals surface area contributed by atoms with Crippen molar-refractivity contribution in [3.63, 3.8) is 0 Å². The molecule has 1 heterocycles. The zero-order valence-corrected chi connectivity index (χ0v) is 13.4. The maximum Gasteiger partial charge on any atom is 0.243 e. The Labute approximate surface area is 127 Å². The third-order valence-electron chi connectivity index (χ3n) is 4.95. The van der Waals surface area contributed by atoms with E-state index in [1.54, 1.807) is 10.4 Å². The highest BCUT2D eigenvalue weighted by atomic mass is 32.2. The van der Waals surface area contributed by atoms with Gasteiger partial charge in [-0.25, -0.2) is 8.42 Å². The molecule has 1 unspecified atom stereocenters. The van der Waals surface area contributed by atoms with Crippen molar-refractivity contribution in [2.45, 2.75) is 50.0 Å². The number of nitrogens with two attached hydrogens (primary N) is 1. The minimum atomic E-state index is -3.34. The predicted octanol–water partition coefficient (Wildman–Crippen LogP) is 1.92. The first-order valence-electron chi connectivity index (χ1n) is 7.86. The van der Waals surface area contributed by atoms with Crippen molar-refractivity contribution in [1.29, 1.82) is 0 Å². The molecule has 0 amide bonds. The molecule has 1 atom stereocenters. The van der Waals surface area contributed by atoms with Crippen molar-refractivity contribution >= 4 is 10.0 Å². The van der Waals surface area contributed by atoms with Gasteiger partial charge in [-0.05, 0) is 68.2 Å². The molecule has 2 aliphatic rings. The molecule has 21 heavy (non-hydrogen) atoms. The van der Waals surface area contributed by atoms with Gasteiger partial charge in [0.1, 0.15) is 0 Å². The van der Waals surface area contributed by atoms with Crippen molar-refractivity contribution in [3.8, 4) is 0 Å². The molecule has 1 aliphatic heterocycles. The van der Waals surface area contributed by atoms with Crippen molar-refractivity contribution in [2.75, 3.05) is 13.1 Å². The van der Waals surface area contributed by atoms with E-state index in [1.807, 2.05) is 19.1 Å². The topological polar surface area (TPSA) is 63.4 Å². The lowest BCUT2D eigenvalue weighted by molar-refractivity contribution is 0.250. The largest absolute Gasteiger partial charge is 0.328 e. The van der Waals surface area contributed by atoms with Gasteiger partial charge in [0.2, 0.25) is 10.0 Å². The van der Waals surface area contributed by atoms with E-state index in [0.717, 1.165) is 32.1 Å². The second-order valence-electron chi connectivity index (χ2n) is 6.38. The minimum Gasteiger partial charge on any atom is -0.328 e. The zero-order valence-electron chi connectivity index (χ0n) is 12.6. The molecule has 0 spiro atoms. The highest BCUT2D eigenvalue weighted by Gasteiger charge is 2.31. The summed E-state index contributed by atoms with van der Waals surface area (Å²) in [4.78, 5) is 0.461. The van der Waals surface area contributed by atoms with E-state index in [1.165, 1.54) is 11.1 Å². The summed E-state index contributed by atoms with van der Waals surface area (Å²) in [5, 5.41) is 0. The molecule has 116 valence electrons. The summed E-state index contributed by atoms with van der Waals surface area (Å²) in [6.07, 6.45) is 4.95. The summed E-state index contributed by atoms with van der Waals surface area (Å²) in [7, 11) is -3.34. The van der Waals surface area contributed by atoms with E-state index in [-0.39, 0.29) is 6.04 Å². The molecule has 1 aliphatic carbocycles. The molecule has 4 nitrogen and oxygen atoms in total. The van der Waals surface area contributed by atoms with Crippen LogP contribution in [0.15, 0.2) is 23.1 Å². The van der Waals surface area contributed by atoms with Gasteiger partial charge < -0.3 is 5.73 Å². The Morgan fingerprint density at radius 3 is 2.52 bits per heavy atom. The van der Waals surface area contributed by atoms with Gasteiger partial charge in [0.05, 0.1) is 4.90 Å². The van der Waals surface area contributed by atoms with Gasteiger partial charge in [0.25, 0.3) is 0 Å². The number of hydrogen-bond acceptors (Lipinski definition) is 3. The molecule has 3 rings (SSSR count). The SMILES string of the molecule is CC(N)C1CCN(S(=O)(=O)c2ccc3c(c2)CCC3)CC1. The third-order valence-corrected chi connectivity index (χ3v) is 6.84. The van der Waals surface area contributed by atoms with Crippen LogP contribution in [-0.4, -0.2) is 31.9 Å². The summed E-state index contributed by atoms with van der Waals surface area (Å²) in [6.45, 7) is 3.19. The van der Waals surface area contributed by atoms with Crippen LogP contribution in [0.2, 0.25) is 0 Å². The lowest BCUT2D eigenvalue weighted by Gasteiger charge is -2.33. The number of piperidine rings is 1. The van der Waals surface area contributed by atoms with E-state index in [9.17, 15) is 8.42 Å². The molecule has 1 fully saturated rings. The van der Waals surface area contributed by atoms with Gasteiger partial charge in [-0.1, -0.05) is 6.07 Å². The number of aryl methyl sites for hydroxylation is 2. The minimum absolute atomic E-state index is 0.148. The number of hydrogen-bond donors (Lipinski definition) is 1. The van der Waals surface area contributed by atoms with E-state index in [4.69, 9.17) is 5.73 Å². The van der Waals surface area contributed by atoms with E-state index in [0.29, 0.717) is 23.9 Å². The Morgan fingerprint density at radius 2 is 1.86 bits per heavy atom. The second kappa shape index (κ2) is 5.71. The first-order valence-corrected chi connectivity index (χ1v) is 9.30. The maximum absolute atomic E-state index is 12.8. The molecule has 0 radical (unpaired) electrons. The molecule has 2 N–H and O–H groups in total. The first kappa shape index (κ1) is 15.0. The Morgan fingerprint density at radius 1 is 1.19 bits per heavy atom. The molecule has 5 heteroatoms.